The number of rotatable bonds is 9. The molecule has 2 saturated carbocycles. The zero-order valence-corrected chi connectivity index (χ0v) is 19.0. The van der Waals surface area contributed by atoms with E-state index in [1.54, 1.807) is 4.57 Å². The number of para-hydroxylation sites is 1. The first-order chi connectivity index (χ1) is 15.5. The highest BCUT2D eigenvalue weighted by molar-refractivity contribution is 5.91. The van der Waals surface area contributed by atoms with E-state index in [1.165, 1.54) is 0 Å². The summed E-state index contributed by atoms with van der Waals surface area (Å²) in [6.45, 7) is 2.73. The number of carbonyl (C=O) groups is 2. The maximum atomic E-state index is 13.0. The molecule has 2 N–H and O–H groups in total. The Morgan fingerprint density at radius 1 is 1.16 bits per heavy atom. The number of nitrogens with zero attached hydrogens (tertiary/aromatic N) is 2. The van der Waals surface area contributed by atoms with Gasteiger partial charge in [-0.2, -0.15) is 0 Å². The fraction of sp³-hybridized carbons (Fsp3) is 0.600. The van der Waals surface area contributed by atoms with E-state index in [4.69, 9.17) is 4.98 Å². The highest BCUT2D eigenvalue weighted by Crippen LogP contribution is 2.35. The van der Waals surface area contributed by atoms with Crippen LogP contribution in [0, 0.1) is 0 Å². The molecule has 2 aliphatic carbocycles. The van der Waals surface area contributed by atoms with Gasteiger partial charge in [-0.05, 0) is 44.2 Å². The Hall–Kier alpha value is -2.70. The number of hydrogen-bond donors (Lipinski definition) is 2. The zero-order valence-electron chi connectivity index (χ0n) is 19.0. The van der Waals surface area contributed by atoms with Crippen LogP contribution in [0.25, 0.3) is 10.9 Å². The van der Waals surface area contributed by atoms with Crippen molar-refractivity contribution in [2.24, 2.45) is 0 Å². The van der Waals surface area contributed by atoms with Crippen molar-refractivity contribution in [3.8, 4) is 0 Å². The molecular weight excluding hydrogens is 404 g/mol. The standard InChI is InChI=1S/C25H34N4O3/c1-2-3-17-26-24(32)25(15-7-4-8-16-25)28-22(30)14-13-21-27-20-10-6-5-9-19(20)23(31)29(21)18-11-12-18/h5-6,9-10,18H,2-4,7-8,11-17H2,1H3,(H,26,32)(H,28,30). The first-order valence-electron chi connectivity index (χ1n) is 12.1. The summed E-state index contributed by atoms with van der Waals surface area (Å²) in [5.41, 5.74) is -0.160. The highest BCUT2D eigenvalue weighted by atomic mass is 16.2. The second-order valence-electron chi connectivity index (χ2n) is 9.25. The van der Waals surface area contributed by atoms with Crippen molar-refractivity contribution in [1.29, 1.82) is 0 Å². The van der Waals surface area contributed by atoms with Gasteiger partial charge in [-0.25, -0.2) is 4.98 Å². The molecule has 0 spiro atoms. The molecule has 7 heteroatoms. The summed E-state index contributed by atoms with van der Waals surface area (Å²) in [5.74, 6) is 0.455. The van der Waals surface area contributed by atoms with E-state index >= 15 is 0 Å². The summed E-state index contributed by atoms with van der Waals surface area (Å²) in [7, 11) is 0. The summed E-state index contributed by atoms with van der Waals surface area (Å²) in [6, 6.07) is 7.56. The molecule has 1 heterocycles. The number of nitrogens with one attached hydrogen (secondary N) is 2. The van der Waals surface area contributed by atoms with Gasteiger partial charge in [0.1, 0.15) is 11.4 Å². The third kappa shape index (κ3) is 4.87. The Bertz CT molecular complexity index is 1040. The van der Waals surface area contributed by atoms with Crippen molar-refractivity contribution in [2.45, 2.75) is 89.1 Å². The predicted molar refractivity (Wildman–Crippen MR) is 124 cm³/mol. The maximum Gasteiger partial charge on any atom is 0.261 e. The third-order valence-electron chi connectivity index (χ3n) is 6.70. The topological polar surface area (TPSA) is 93.1 Å². The lowest BCUT2D eigenvalue weighted by molar-refractivity contribution is -0.135. The van der Waals surface area contributed by atoms with Gasteiger partial charge in [-0.15, -0.1) is 0 Å². The molecule has 2 aromatic rings. The second-order valence-corrected chi connectivity index (χ2v) is 9.25. The number of benzene rings is 1. The molecule has 2 amide bonds. The number of aryl methyl sites for hydroxylation is 1. The Balaban J connectivity index is 1.48. The minimum absolute atomic E-state index is 0.0208. The van der Waals surface area contributed by atoms with Crippen molar-refractivity contribution < 1.29 is 9.59 Å². The smallest absolute Gasteiger partial charge is 0.261 e. The SMILES string of the molecule is CCCCNC(=O)C1(NC(=O)CCc2nc3ccccc3c(=O)n2C2CC2)CCCCC1. The van der Waals surface area contributed by atoms with Gasteiger partial charge in [-0.3, -0.25) is 19.0 Å². The van der Waals surface area contributed by atoms with Crippen molar-refractivity contribution >= 4 is 22.7 Å². The number of unbranched alkanes of at least 4 members (excludes halogenated alkanes) is 1. The number of hydrogen-bond acceptors (Lipinski definition) is 4. The largest absolute Gasteiger partial charge is 0.354 e. The first-order valence-corrected chi connectivity index (χ1v) is 12.1. The fourth-order valence-corrected chi connectivity index (χ4v) is 4.74. The molecule has 1 aromatic heterocycles. The van der Waals surface area contributed by atoms with Gasteiger partial charge in [0.2, 0.25) is 11.8 Å². The quantitative estimate of drug-likeness (QED) is 0.587. The lowest BCUT2D eigenvalue weighted by atomic mass is 9.80. The molecule has 0 unspecified atom stereocenters. The molecule has 0 atom stereocenters. The van der Waals surface area contributed by atoms with Gasteiger partial charge in [0, 0.05) is 25.4 Å². The molecule has 0 saturated heterocycles. The molecule has 0 aliphatic heterocycles. The van der Waals surface area contributed by atoms with Crippen molar-refractivity contribution in [3.05, 3.63) is 40.4 Å². The van der Waals surface area contributed by atoms with Crippen LogP contribution in [0.15, 0.2) is 29.1 Å². The van der Waals surface area contributed by atoms with Crippen LogP contribution in [0.4, 0.5) is 0 Å². The van der Waals surface area contributed by atoms with E-state index in [-0.39, 0.29) is 29.8 Å². The van der Waals surface area contributed by atoms with Crippen molar-refractivity contribution in [1.82, 2.24) is 20.2 Å². The summed E-state index contributed by atoms with van der Waals surface area (Å²) in [6.07, 6.45) is 8.81. The first kappa shape index (κ1) is 22.5. The maximum absolute atomic E-state index is 13.0. The molecule has 4 rings (SSSR count). The van der Waals surface area contributed by atoms with Gasteiger partial charge in [0.15, 0.2) is 0 Å². The molecule has 0 bridgehead atoms. The van der Waals surface area contributed by atoms with E-state index in [1.807, 2.05) is 24.3 Å². The lowest BCUT2D eigenvalue weighted by Crippen LogP contribution is -2.59. The van der Waals surface area contributed by atoms with Crippen LogP contribution in [-0.2, 0) is 16.0 Å². The van der Waals surface area contributed by atoms with Crippen LogP contribution in [0.5, 0.6) is 0 Å². The molecular formula is C25H34N4O3. The van der Waals surface area contributed by atoms with E-state index in [0.717, 1.165) is 44.9 Å². The average Bonchev–Trinajstić information content (AvgIpc) is 3.63. The minimum atomic E-state index is -0.809. The molecule has 2 fully saturated rings. The minimum Gasteiger partial charge on any atom is -0.354 e. The fourth-order valence-electron chi connectivity index (χ4n) is 4.74. The van der Waals surface area contributed by atoms with Gasteiger partial charge in [-0.1, -0.05) is 44.7 Å². The Morgan fingerprint density at radius 3 is 2.62 bits per heavy atom. The molecule has 32 heavy (non-hydrogen) atoms. The Morgan fingerprint density at radius 2 is 1.91 bits per heavy atom. The molecule has 172 valence electrons. The number of amides is 2. The molecule has 7 nitrogen and oxygen atoms in total. The summed E-state index contributed by atoms with van der Waals surface area (Å²) in [5, 5.41) is 6.72. The summed E-state index contributed by atoms with van der Waals surface area (Å²) >= 11 is 0. The van der Waals surface area contributed by atoms with Crippen molar-refractivity contribution in [2.75, 3.05) is 6.54 Å². The zero-order chi connectivity index (χ0) is 22.6. The summed E-state index contributed by atoms with van der Waals surface area (Å²) < 4.78 is 1.78. The van der Waals surface area contributed by atoms with E-state index < -0.39 is 5.54 Å². The summed E-state index contributed by atoms with van der Waals surface area (Å²) in [4.78, 5) is 43.7. The van der Waals surface area contributed by atoms with Crippen LogP contribution >= 0.6 is 0 Å². The highest BCUT2D eigenvalue weighted by Gasteiger charge is 2.40. The van der Waals surface area contributed by atoms with Gasteiger partial charge in [0.25, 0.3) is 5.56 Å². The normalized spacial score (nSPS) is 17.8. The predicted octanol–water partition coefficient (Wildman–Crippen LogP) is 3.40. The van der Waals surface area contributed by atoms with E-state index in [2.05, 4.69) is 17.6 Å². The Labute approximate surface area is 189 Å². The van der Waals surface area contributed by atoms with Crippen LogP contribution < -0.4 is 16.2 Å². The molecule has 0 radical (unpaired) electrons. The van der Waals surface area contributed by atoms with E-state index in [0.29, 0.717) is 42.5 Å². The van der Waals surface area contributed by atoms with Crippen LogP contribution in [0.1, 0.15) is 83.0 Å². The monoisotopic (exact) mass is 438 g/mol. The average molecular weight is 439 g/mol. The lowest BCUT2D eigenvalue weighted by Gasteiger charge is -2.36. The van der Waals surface area contributed by atoms with Crippen LogP contribution in [-0.4, -0.2) is 33.4 Å². The Kier molecular flexibility index (Phi) is 6.92. The van der Waals surface area contributed by atoms with Crippen LogP contribution in [0.3, 0.4) is 0 Å². The van der Waals surface area contributed by atoms with Crippen molar-refractivity contribution in [3.63, 3.8) is 0 Å². The van der Waals surface area contributed by atoms with Gasteiger partial charge >= 0.3 is 0 Å². The molecule has 1 aromatic carbocycles. The molecule has 2 aliphatic rings. The number of fused-ring (bicyclic) bond motifs is 1. The van der Waals surface area contributed by atoms with E-state index in [9.17, 15) is 14.4 Å². The van der Waals surface area contributed by atoms with Crippen LogP contribution in [0.2, 0.25) is 0 Å². The van der Waals surface area contributed by atoms with Gasteiger partial charge in [0.05, 0.1) is 10.9 Å². The number of aromatic nitrogens is 2. The van der Waals surface area contributed by atoms with Gasteiger partial charge < -0.3 is 10.6 Å². The second kappa shape index (κ2) is 9.84. The number of carbonyl (C=O) groups excluding carboxylic acids is 2. The third-order valence-corrected chi connectivity index (χ3v) is 6.70.